The third-order valence-electron chi connectivity index (χ3n) is 4.62. The van der Waals surface area contributed by atoms with Gasteiger partial charge in [0.15, 0.2) is 0 Å². The van der Waals surface area contributed by atoms with Crippen LogP contribution in [0.3, 0.4) is 0 Å². The highest BCUT2D eigenvalue weighted by Gasteiger charge is 2.12. The van der Waals surface area contributed by atoms with E-state index in [9.17, 15) is 4.79 Å². The first kappa shape index (κ1) is 17.7. The zero-order chi connectivity index (χ0) is 19.5. The fourth-order valence-corrected chi connectivity index (χ4v) is 3.03. The molecule has 1 aromatic heterocycles. The zero-order valence-corrected chi connectivity index (χ0v) is 15.8. The smallest absolute Gasteiger partial charge is 0.267 e. The van der Waals surface area contributed by atoms with Crippen molar-refractivity contribution in [2.45, 2.75) is 13.8 Å². The van der Waals surface area contributed by atoms with Crippen LogP contribution in [0.1, 0.15) is 16.7 Å². The van der Waals surface area contributed by atoms with Gasteiger partial charge in [-0.2, -0.15) is 5.10 Å². The van der Waals surface area contributed by atoms with E-state index >= 15 is 0 Å². The van der Waals surface area contributed by atoms with Gasteiger partial charge in [-0.1, -0.05) is 54.1 Å². The van der Waals surface area contributed by atoms with Gasteiger partial charge >= 0.3 is 0 Å². The molecule has 0 aliphatic carbocycles. The second kappa shape index (κ2) is 7.48. The molecule has 0 saturated carbocycles. The first-order valence-electron chi connectivity index (χ1n) is 9.07. The van der Waals surface area contributed by atoms with Gasteiger partial charge in [0, 0.05) is 0 Å². The van der Waals surface area contributed by atoms with Crippen molar-refractivity contribution in [2.75, 3.05) is 5.43 Å². The molecule has 0 spiro atoms. The number of rotatable bonds is 4. The van der Waals surface area contributed by atoms with Crippen molar-refractivity contribution in [1.82, 2.24) is 9.55 Å². The lowest BCUT2D eigenvalue weighted by Gasteiger charge is -2.13. The molecule has 0 unspecified atom stereocenters. The van der Waals surface area contributed by atoms with Crippen molar-refractivity contribution in [3.8, 4) is 5.69 Å². The van der Waals surface area contributed by atoms with E-state index in [4.69, 9.17) is 0 Å². The molecule has 0 amide bonds. The number of aromatic nitrogens is 2. The number of nitrogens with zero attached hydrogens (tertiary/aromatic N) is 3. The summed E-state index contributed by atoms with van der Waals surface area (Å²) >= 11 is 0. The van der Waals surface area contributed by atoms with E-state index in [1.54, 1.807) is 16.8 Å². The van der Waals surface area contributed by atoms with Crippen molar-refractivity contribution < 1.29 is 0 Å². The Bertz CT molecular complexity index is 1220. The summed E-state index contributed by atoms with van der Waals surface area (Å²) in [5.74, 6) is 0.373. The molecule has 0 radical (unpaired) electrons. The Morgan fingerprint density at radius 3 is 2.43 bits per heavy atom. The van der Waals surface area contributed by atoms with Crippen molar-refractivity contribution in [2.24, 2.45) is 5.10 Å². The summed E-state index contributed by atoms with van der Waals surface area (Å²) in [6.07, 6.45) is 1.73. The fraction of sp³-hybridized carbons (Fsp3) is 0.0870. The van der Waals surface area contributed by atoms with Gasteiger partial charge < -0.3 is 0 Å². The van der Waals surface area contributed by atoms with Crippen molar-refractivity contribution in [3.63, 3.8) is 0 Å². The maximum Gasteiger partial charge on any atom is 0.267 e. The molecule has 1 heterocycles. The molecule has 3 aromatic carbocycles. The van der Waals surface area contributed by atoms with Gasteiger partial charge in [-0.25, -0.2) is 15.0 Å². The minimum atomic E-state index is -0.136. The third kappa shape index (κ3) is 3.42. The Balaban J connectivity index is 1.82. The average Bonchev–Trinajstić information content (AvgIpc) is 2.71. The number of hydrazone groups is 1. The Kier molecular flexibility index (Phi) is 4.72. The standard InChI is InChI=1S/C23H20N4O/c1-16-11-13-19(14-12-16)27-22(28)20-9-5-6-10-21(20)25-23(27)26-24-15-18-8-4-3-7-17(18)2/h3-15H,1-2H3,(H,25,26)/b24-15-. The highest BCUT2D eigenvalue weighted by molar-refractivity contribution is 5.82. The molecule has 138 valence electrons. The summed E-state index contributed by atoms with van der Waals surface area (Å²) in [7, 11) is 0. The molecule has 28 heavy (non-hydrogen) atoms. The molecule has 4 rings (SSSR count). The van der Waals surface area contributed by atoms with Crippen LogP contribution in [-0.4, -0.2) is 15.8 Å². The predicted molar refractivity (Wildman–Crippen MR) is 114 cm³/mol. The summed E-state index contributed by atoms with van der Waals surface area (Å²) in [4.78, 5) is 17.8. The van der Waals surface area contributed by atoms with Crippen LogP contribution in [0.2, 0.25) is 0 Å². The van der Waals surface area contributed by atoms with Crippen LogP contribution in [0.5, 0.6) is 0 Å². The Morgan fingerprint density at radius 2 is 1.64 bits per heavy atom. The van der Waals surface area contributed by atoms with Gasteiger partial charge in [-0.05, 0) is 49.2 Å². The Hall–Kier alpha value is -3.73. The van der Waals surface area contributed by atoms with Crippen molar-refractivity contribution in [1.29, 1.82) is 0 Å². The number of nitrogens with one attached hydrogen (secondary N) is 1. The van der Waals surface area contributed by atoms with Gasteiger partial charge in [0.25, 0.3) is 5.56 Å². The molecule has 0 aliphatic heterocycles. The van der Waals surface area contributed by atoms with Gasteiger partial charge in [0.2, 0.25) is 5.95 Å². The molecule has 4 aromatic rings. The van der Waals surface area contributed by atoms with Crippen LogP contribution in [0.25, 0.3) is 16.6 Å². The van der Waals surface area contributed by atoms with E-state index in [1.165, 1.54) is 0 Å². The summed E-state index contributed by atoms with van der Waals surface area (Å²) in [5.41, 5.74) is 7.43. The highest BCUT2D eigenvalue weighted by atomic mass is 16.1. The minimum absolute atomic E-state index is 0.136. The van der Waals surface area contributed by atoms with Crippen LogP contribution in [0.4, 0.5) is 5.95 Å². The second-order valence-corrected chi connectivity index (χ2v) is 6.66. The normalized spacial score (nSPS) is 11.2. The largest absolute Gasteiger partial charge is 0.268 e. The minimum Gasteiger partial charge on any atom is -0.268 e. The first-order valence-corrected chi connectivity index (χ1v) is 9.07. The molecule has 0 aliphatic rings. The lowest BCUT2D eigenvalue weighted by Crippen LogP contribution is -2.22. The van der Waals surface area contributed by atoms with E-state index < -0.39 is 0 Å². The maximum absolute atomic E-state index is 13.2. The van der Waals surface area contributed by atoms with Gasteiger partial charge in [-0.3, -0.25) is 4.79 Å². The fourth-order valence-electron chi connectivity index (χ4n) is 3.03. The van der Waals surface area contributed by atoms with E-state index in [0.717, 1.165) is 22.4 Å². The van der Waals surface area contributed by atoms with Gasteiger partial charge in [0.1, 0.15) is 0 Å². The van der Waals surface area contributed by atoms with E-state index in [-0.39, 0.29) is 5.56 Å². The van der Waals surface area contributed by atoms with Crippen LogP contribution < -0.4 is 11.0 Å². The number of aryl methyl sites for hydroxylation is 2. The molecule has 5 nitrogen and oxygen atoms in total. The van der Waals surface area contributed by atoms with E-state index in [2.05, 4.69) is 15.5 Å². The predicted octanol–water partition coefficient (Wildman–Crippen LogP) is 4.45. The summed E-state index contributed by atoms with van der Waals surface area (Å²) in [5, 5.41) is 4.89. The molecule has 0 saturated heterocycles. The number of benzene rings is 3. The summed E-state index contributed by atoms with van der Waals surface area (Å²) in [6, 6.07) is 23.0. The number of hydrogen-bond acceptors (Lipinski definition) is 4. The van der Waals surface area contributed by atoms with Crippen LogP contribution in [0.15, 0.2) is 82.7 Å². The Morgan fingerprint density at radius 1 is 0.929 bits per heavy atom. The number of anilines is 1. The quantitative estimate of drug-likeness (QED) is 0.428. The zero-order valence-electron chi connectivity index (χ0n) is 15.8. The van der Waals surface area contributed by atoms with E-state index in [0.29, 0.717) is 16.9 Å². The number of para-hydroxylation sites is 1. The topological polar surface area (TPSA) is 59.3 Å². The molecular formula is C23H20N4O. The molecular weight excluding hydrogens is 348 g/mol. The maximum atomic E-state index is 13.2. The second-order valence-electron chi connectivity index (χ2n) is 6.66. The number of fused-ring (bicyclic) bond motifs is 1. The third-order valence-corrected chi connectivity index (χ3v) is 4.62. The molecule has 0 fully saturated rings. The van der Waals surface area contributed by atoms with Gasteiger partial charge in [0.05, 0.1) is 22.8 Å². The molecule has 0 bridgehead atoms. The van der Waals surface area contributed by atoms with Crippen molar-refractivity contribution >= 4 is 23.1 Å². The summed E-state index contributed by atoms with van der Waals surface area (Å²) < 4.78 is 1.55. The molecule has 0 atom stereocenters. The summed E-state index contributed by atoms with van der Waals surface area (Å²) in [6.45, 7) is 4.04. The molecule has 5 heteroatoms. The Labute approximate surface area is 163 Å². The van der Waals surface area contributed by atoms with Crippen LogP contribution in [-0.2, 0) is 0 Å². The lowest BCUT2D eigenvalue weighted by atomic mass is 10.1. The van der Waals surface area contributed by atoms with Crippen LogP contribution >= 0.6 is 0 Å². The van der Waals surface area contributed by atoms with E-state index in [1.807, 2.05) is 80.6 Å². The highest BCUT2D eigenvalue weighted by Crippen LogP contribution is 2.17. The first-order chi connectivity index (χ1) is 13.6. The lowest BCUT2D eigenvalue weighted by molar-refractivity contribution is 0.955. The SMILES string of the molecule is Cc1ccc(-n2c(N/N=C\c3ccccc3C)nc3ccccc3c2=O)cc1. The van der Waals surface area contributed by atoms with Crippen molar-refractivity contribution in [3.05, 3.63) is 99.8 Å². The van der Waals surface area contributed by atoms with Crippen LogP contribution in [0, 0.1) is 13.8 Å². The number of hydrogen-bond donors (Lipinski definition) is 1. The monoisotopic (exact) mass is 368 g/mol. The molecule has 1 N–H and O–H groups in total. The van der Waals surface area contributed by atoms with Gasteiger partial charge in [-0.15, -0.1) is 0 Å². The average molecular weight is 368 g/mol.